The number of carbonyl (C=O) groups is 3. The van der Waals surface area contributed by atoms with Crippen LogP contribution in [-0.2, 0) is 25.5 Å². The minimum Gasteiger partial charge on any atom is -0.448 e. The van der Waals surface area contributed by atoms with E-state index in [9.17, 15) is 14.4 Å². The highest BCUT2D eigenvalue weighted by Crippen LogP contribution is 2.29. The van der Waals surface area contributed by atoms with Crippen molar-refractivity contribution in [3.05, 3.63) is 35.4 Å². The monoisotopic (exact) mass is 343 g/mol. The Hall–Kier alpha value is -2.70. The standard InChI is InChI=1S/C18H21N3O4/c1-11(25-18(24)15-9-10-16(22)21-20-15)17(23)19-14-8-4-6-12-5-2-3-7-13(12)14/h2-3,5,7,11,14H,4,6,8-10H2,1H3,(H,19,23)(H,21,22)/t11-,14+/m0/s1. The number of ether oxygens (including phenoxy) is 1. The normalized spacial score (nSPS) is 20.6. The number of hydrogen-bond acceptors (Lipinski definition) is 5. The van der Waals surface area contributed by atoms with Gasteiger partial charge in [0.1, 0.15) is 5.71 Å². The second-order valence-corrected chi connectivity index (χ2v) is 6.29. The van der Waals surface area contributed by atoms with Gasteiger partial charge in [0.25, 0.3) is 5.91 Å². The molecule has 0 fully saturated rings. The fourth-order valence-corrected chi connectivity index (χ4v) is 3.10. The number of hydrogen-bond donors (Lipinski definition) is 2. The van der Waals surface area contributed by atoms with Crippen molar-refractivity contribution in [3.63, 3.8) is 0 Å². The Labute approximate surface area is 145 Å². The third-order valence-corrected chi connectivity index (χ3v) is 4.48. The van der Waals surface area contributed by atoms with Crippen LogP contribution < -0.4 is 10.7 Å². The van der Waals surface area contributed by atoms with E-state index in [1.54, 1.807) is 0 Å². The maximum atomic E-state index is 12.4. The molecule has 0 unspecified atom stereocenters. The fraction of sp³-hybridized carbons (Fsp3) is 0.444. The zero-order chi connectivity index (χ0) is 17.8. The van der Waals surface area contributed by atoms with Crippen LogP contribution in [0.4, 0.5) is 0 Å². The van der Waals surface area contributed by atoms with E-state index in [1.165, 1.54) is 12.5 Å². The molecule has 1 aliphatic carbocycles. The molecule has 1 aromatic rings. The van der Waals surface area contributed by atoms with Gasteiger partial charge in [0.05, 0.1) is 6.04 Å². The number of rotatable bonds is 4. The molecule has 1 aliphatic heterocycles. The number of esters is 1. The van der Waals surface area contributed by atoms with Gasteiger partial charge in [0.2, 0.25) is 5.91 Å². The SMILES string of the molecule is C[C@H](OC(=O)C1=NNC(=O)CC1)C(=O)N[C@@H]1CCCc2ccccc21. The first-order chi connectivity index (χ1) is 12.0. The molecule has 1 aromatic carbocycles. The van der Waals surface area contributed by atoms with Crippen LogP contribution >= 0.6 is 0 Å². The molecule has 2 amide bonds. The van der Waals surface area contributed by atoms with Gasteiger partial charge in [-0.25, -0.2) is 10.2 Å². The van der Waals surface area contributed by atoms with E-state index in [1.807, 2.05) is 18.2 Å². The molecule has 132 valence electrons. The van der Waals surface area contributed by atoms with Gasteiger partial charge < -0.3 is 10.1 Å². The molecular formula is C18H21N3O4. The zero-order valence-corrected chi connectivity index (χ0v) is 14.1. The number of fused-ring (bicyclic) bond motifs is 1. The summed E-state index contributed by atoms with van der Waals surface area (Å²) in [6.07, 6.45) is 2.36. The summed E-state index contributed by atoms with van der Waals surface area (Å²) in [6.45, 7) is 1.53. The van der Waals surface area contributed by atoms with Crippen LogP contribution in [0.1, 0.15) is 49.8 Å². The van der Waals surface area contributed by atoms with Crippen LogP contribution in [0.5, 0.6) is 0 Å². The van der Waals surface area contributed by atoms with Crippen LogP contribution in [0.25, 0.3) is 0 Å². The van der Waals surface area contributed by atoms with Crippen molar-refractivity contribution in [1.29, 1.82) is 0 Å². The molecule has 1 heterocycles. The van der Waals surface area contributed by atoms with E-state index in [2.05, 4.69) is 21.9 Å². The van der Waals surface area contributed by atoms with Crippen molar-refractivity contribution < 1.29 is 19.1 Å². The first-order valence-corrected chi connectivity index (χ1v) is 8.49. The highest BCUT2D eigenvalue weighted by molar-refractivity contribution is 6.37. The quantitative estimate of drug-likeness (QED) is 0.807. The molecule has 25 heavy (non-hydrogen) atoms. The molecular weight excluding hydrogens is 322 g/mol. The van der Waals surface area contributed by atoms with E-state index in [0.717, 1.165) is 24.8 Å². The lowest BCUT2D eigenvalue weighted by Crippen LogP contribution is -2.41. The van der Waals surface area contributed by atoms with Crippen LogP contribution in [0, 0.1) is 0 Å². The van der Waals surface area contributed by atoms with E-state index in [-0.39, 0.29) is 36.4 Å². The predicted octanol–water partition coefficient (Wildman–Crippen LogP) is 1.38. The molecule has 7 nitrogen and oxygen atoms in total. The van der Waals surface area contributed by atoms with Crippen LogP contribution in [-0.4, -0.2) is 29.6 Å². The maximum Gasteiger partial charge on any atom is 0.355 e. The van der Waals surface area contributed by atoms with Crippen molar-refractivity contribution in [2.45, 2.75) is 51.2 Å². The molecule has 0 radical (unpaired) electrons. The van der Waals surface area contributed by atoms with E-state index in [4.69, 9.17) is 4.74 Å². The van der Waals surface area contributed by atoms with Crippen molar-refractivity contribution in [1.82, 2.24) is 10.7 Å². The molecule has 0 saturated carbocycles. The largest absolute Gasteiger partial charge is 0.448 e. The number of aryl methyl sites for hydroxylation is 1. The summed E-state index contributed by atoms with van der Waals surface area (Å²) in [7, 11) is 0. The van der Waals surface area contributed by atoms with Gasteiger partial charge in [-0.05, 0) is 37.3 Å². The van der Waals surface area contributed by atoms with Gasteiger partial charge in [-0.3, -0.25) is 9.59 Å². The minimum atomic E-state index is -0.929. The molecule has 0 aromatic heterocycles. The lowest BCUT2D eigenvalue weighted by atomic mass is 9.87. The predicted molar refractivity (Wildman–Crippen MR) is 90.6 cm³/mol. The number of nitrogens with one attached hydrogen (secondary N) is 2. The van der Waals surface area contributed by atoms with E-state index < -0.39 is 12.1 Å². The van der Waals surface area contributed by atoms with Gasteiger partial charge >= 0.3 is 5.97 Å². The lowest BCUT2D eigenvalue weighted by Gasteiger charge is -2.27. The highest BCUT2D eigenvalue weighted by atomic mass is 16.5. The van der Waals surface area contributed by atoms with Gasteiger partial charge in [0, 0.05) is 12.8 Å². The lowest BCUT2D eigenvalue weighted by molar-refractivity contribution is -0.149. The number of benzene rings is 1. The van der Waals surface area contributed by atoms with Gasteiger partial charge in [-0.15, -0.1) is 0 Å². The average Bonchev–Trinajstić information content (AvgIpc) is 2.62. The molecule has 2 aliphatic rings. The average molecular weight is 343 g/mol. The first kappa shape index (κ1) is 17.1. The maximum absolute atomic E-state index is 12.4. The number of nitrogens with zero attached hydrogens (tertiary/aromatic N) is 1. The summed E-state index contributed by atoms with van der Waals surface area (Å²) in [6, 6.07) is 7.99. The van der Waals surface area contributed by atoms with Crippen molar-refractivity contribution >= 4 is 23.5 Å². The van der Waals surface area contributed by atoms with Gasteiger partial charge in [-0.1, -0.05) is 24.3 Å². The third kappa shape index (κ3) is 4.04. The Morgan fingerprint density at radius 2 is 2.08 bits per heavy atom. The zero-order valence-electron chi connectivity index (χ0n) is 14.1. The summed E-state index contributed by atoms with van der Waals surface area (Å²) in [5.41, 5.74) is 4.74. The summed E-state index contributed by atoms with van der Waals surface area (Å²) in [4.78, 5) is 35.5. The fourth-order valence-electron chi connectivity index (χ4n) is 3.10. The van der Waals surface area contributed by atoms with E-state index >= 15 is 0 Å². The smallest absolute Gasteiger partial charge is 0.355 e. The summed E-state index contributed by atoms with van der Waals surface area (Å²) in [5, 5.41) is 6.64. The highest BCUT2D eigenvalue weighted by Gasteiger charge is 2.27. The number of hydrazone groups is 1. The second-order valence-electron chi connectivity index (χ2n) is 6.29. The molecule has 7 heteroatoms. The topological polar surface area (TPSA) is 96.9 Å². The van der Waals surface area contributed by atoms with Crippen molar-refractivity contribution in [2.75, 3.05) is 0 Å². The van der Waals surface area contributed by atoms with Crippen molar-refractivity contribution in [3.8, 4) is 0 Å². The number of carbonyl (C=O) groups excluding carboxylic acids is 3. The third-order valence-electron chi connectivity index (χ3n) is 4.48. The first-order valence-electron chi connectivity index (χ1n) is 8.49. The summed E-state index contributed by atoms with van der Waals surface area (Å²) < 4.78 is 5.18. The Kier molecular flexibility index (Phi) is 5.11. The minimum absolute atomic E-state index is 0.0649. The number of amides is 2. The van der Waals surface area contributed by atoms with Crippen LogP contribution in [0.2, 0.25) is 0 Å². The Bertz CT molecular complexity index is 729. The van der Waals surface area contributed by atoms with Gasteiger partial charge in [-0.2, -0.15) is 5.10 Å². The molecule has 2 N–H and O–H groups in total. The Balaban J connectivity index is 1.58. The summed E-state index contributed by atoms with van der Waals surface area (Å²) in [5.74, 6) is -1.25. The Morgan fingerprint density at radius 1 is 1.28 bits per heavy atom. The van der Waals surface area contributed by atoms with Gasteiger partial charge in [0.15, 0.2) is 6.10 Å². The van der Waals surface area contributed by atoms with Crippen LogP contribution in [0.15, 0.2) is 29.4 Å². The molecule has 2 atom stereocenters. The summed E-state index contributed by atoms with van der Waals surface area (Å²) >= 11 is 0. The molecule has 3 rings (SSSR count). The Morgan fingerprint density at radius 3 is 2.84 bits per heavy atom. The second kappa shape index (κ2) is 7.46. The molecule has 0 saturated heterocycles. The van der Waals surface area contributed by atoms with Crippen molar-refractivity contribution in [2.24, 2.45) is 5.10 Å². The molecule has 0 spiro atoms. The molecule has 0 bridgehead atoms. The van der Waals surface area contributed by atoms with E-state index in [0.29, 0.717) is 0 Å². The van der Waals surface area contributed by atoms with Crippen LogP contribution in [0.3, 0.4) is 0 Å².